The SMILES string of the molecule is CC1(C)CCC(NCC2CCNN2)c2ccccc21. The topological polar surface area (TPSA) is 36.1 Å². The molecule has 19 heavy (non-hydrogen) atoms. The first-order valence-electron chi connectivity index (χ1n) is 7.48. The zero-order valence-electron chi connectivity index (χ0n) is 12.0. The van der Waals surface area contributed by atoms with E-state index in [4.69, 9.17) is 0 Å². The lowest BCUT2D eigenvalue weighted by Crippen LogP contribution is -2.41. The predicted octanol–water partition coefficient (Wildman–Crippen LogP) is 2.26. The second-order valence-corrected chi connectivity index (χ2v) is 6.53. The molecule has 2 aliphatic rings. The van der Waals surface area contributed by atoms with Crippen molar-refractivity contribution in [1.29, 1.82) is 0 Å². The molecule has 0 amide bonds. The summed E-state index contributed by atoms with van der Waals surface area (Å²) < 4.78 is 0. The van der Waals surface area contributed by atoms with Crippen LogP contribution in [0.15, 0.2) is 24.3 Å². The highest BCUT2D eigenvalue weighted by Gasteiger charge is 2.32. The molecule has 104 valence electrons. The Hall–Kier alpha value is -0.900. The molecule has 1 aromatic carbocycles. The molecule has 3 rings (SSSR count). The lowest BCUT2D eigenvalue weighted by atomic mass is 9.71. The van der Waals surface area contributed by atoms with Gasteiger partial charge in [0.15, 0.2) is 0 Å². The molecule has 0 bridgehead atoms. The molecule has 0 aromatic heterocycles. The second-order valence-electron chi connectivity index (χ2n) is 6.53. The molecule has 1 aromatic rings. The van der Waals surface area contributed by atoms with Crippen molar-refractivity contribution in [3.63, 3.8) is 0 Å². The van der Waals surface area contributed by atoms with Gasteiger partial charge in [-0.2, -0.15) is 0 Å². The van der Waals surface area contributed by atoms with Crippen molar-refractivity contribution < 1.29 is 0 Å². The minimum Gasteiger partial charge on any atom is -0.308 e. The minimum absolute atomic E-state index is 0.321. The smallest absolute Gasteiger partial charge is 0.0350 e. The van der Waals surface area contributed by atoms with Crippen LogP contribution in [0.5, 0.6) is 0 Å². The van der Waals surface area contributed by atoms with E-state index in [0.717, 1.165) is 13.1 Å². The molecule has 1 saturated heterocycles. The van der Waals surface area contributed by atoms with Gasteiger partial charge in [0.25, 0.3) is 0 Å². The van der Waals surface area contributed by atoms with Crippen molar-refractivity contribution in [3.8, 4) is 0 Å². The van der Waals surface area contributed by atoms with Gasteiger partial charge in [-0.1, -0.05) is 38.1 Å². The third-order valence-electron chi connectivity index (χ3n) is 4.66. The summed E-state index contributed by atoms with van der Waals surface area (Å²) in [5.41, 5.74) is 9.88. The fourth-order valence-electron chi connectivity index (χ4n) is 3.40. The lowest BCUT2D eigenvalue weighted by molar-refractivity contribution is 0.347. The molecule has 1 aliphatic heterocycles. The first-order chi connectivity index (χ1) is 9.17. The summed E-state index contributed by atoms with van der Waals surface area (Å²) in [6.45, 7) is 6.86. The van der Waals surface area contributed by atoms with Crippen LogP contribution in [0.1, 0.15) is 50.3 Å². The highest BCUT2D eigenvalue weighted by atomic mass is 15.4. The van der Waals surface area contributed by atoms with E-state index in [0.29, 0.717) is 17.5 Å². The quantitative estimate of drug-likeness (QED) is 0.779. The summed E-state index contributed by atoms with van der Waals surface area (Å²) in [6.07, 6.45) is 3.72. The van der Waals surface area contributed by atoms with Gasteiger partial charge in [-0.3, -0.25) is 10.9 Å². The van der Waals surface area contributed by atoms with E-state index in [9.17, 15) is 0 Å². The molecule has 0 radical (unpaired) electrons. The Kier molecular flexibility index (Phi) is 3.61. The zero-order chi connectivity index (χ0) is 13.3. The van der Waals surface area contributed by atoms with Crippen LogP contribution in [-0.4, -0.2) is 19.1 Å². The van der Waals surface area contributed by atoms with Crippen LogP contribution in [-0.2, 0) is 5.41 Å². The maximum absolute atomic E-state index is 3.76. The molecule has 1 fully saturated rings. The summed E-state index contributed by atoms with van der Waals surface area (Å²) in [7, 11) is 0. The van der Waals surface area contributed by atoms with Gasteiger partial charge < -0.3 is 5.32 Å². The summed E-state index contributed by atoms with van der Waals surface area (Å²) in [6, 6.07) is 10.0. The van der Waals surface area contributed by atoms with Gasteiger partial charge in [-0.05, 0) is 35.8 Å². The van der Waals surface area contributed by atoms with Crippen molar-refractivity contribution in [3.05, 3.63) is 35.4 Å². The number of fused-ring (bicyclic) bond motifs is 1. The number of nitrogens with one attached hydrogen (secondary N) is 3. The second kappa shape index (κ2) is 5.23. The standard InChI is InChI=1S/C16H25N3/c1-16(2)9-7-15(13-5-3-4-6-14(13)16)17-11-12-8-10-18-19-12/h3-6,12,15,17-19H,7-11H2,1-2H3. The molecule has 0 spiro atoms. The average Bonchev–Trinajstić information content (AvgIpc) is 2.91. The molecule has 2 atom stereocenters. The molecule has 2 unspecified atom stereocenters. The Balaban J connectivity index is 1.73. The van der Waals surface area contributed by atoms with E-state index in [-0.39, 0.29) is 0 Å². The Labute approximate surface area is 116 Å². The van der Waals surface area contributed by atoms with Crippen molar-refractivity contribution in [2.24, 2.45) is 0 Å². The number of hydrazine groups is 1. The van der Waals surface area contributed by atoms with Gasteiger partial charge in [-0.15, -0.1) is 0 Å². The molecule has 3 heteroatoms. The highest BCUT2D eigenvalue weighted by Crippen LogP contribution is 2.41. The fourth-order valence-corrected chi connectivity index (χ4v) is 3.40. The molecular weight excluding hydrogens is 234 g/mol. The Morgan fingerprint density at radius 3 is 2.89 bits per heavy atom. The number of benzene rings is 1. The van der Waals surface area contributed by atoms with Gasteiger partial charge in [0.2, 0.25) is 0 Å². The van der Waals surface area contributed by atoms with Crippen molar-refractivity contribution in [2.45, 2.75) is 50.6 Å². The Bertz CT molecular complexity index is 435. The molecule has 3 nitrogen and oxygen atoms in total. The molecule has 1 heterocycles. The van der Waals surface area contributed by atoms with E-state index in [1.165, 1.54) is 30.4 Å². The van der Waals surface area contributed by atoms with Gasteiger partial charge >= 0.3 is 0 Å². The molecular formula is C16H25N3. The minimum atomic E-state index is 0.321. The van der Waals surface area contributed by atoms with Crippen LogP contribution in [0, 0.1) is 0 Å². The number of hydrogen-bond donors (Lipinski definition) is 3. The highest BCUT2D eigenvalue weighted by molar-refractivity contribution is 5.38. The Morgan fingerprint density at radius 2 is 2.11 bits per heavy atom. The fraction of sp³-hybridized carbons (Fsp3) is 0.625. The van der Waals surface area contributed by atoms with Crippen LogP contribution >= 0.6 is 0 Å². The summed E-state index contributed by atoms with van der Waals surface area (Å²) in [4.78, 5) is 0. The third-order valence-corrected chi connectivity index (χ3v) is 4.66. The Morgan fingerprint density at radius 1 is 1.26 bits per heavy atom. The van der Waals surface area contributed by atoms with Gasteiger partial charge in [0.05, 0.1) is 0 Å². The molecule has 0 saturated carbocycles. The maximum Gasteiger partial charge on any atom is 0.0350 e. The van der Waals surface area contributed by atoms with E-state index >= 15 is 0 Å². The molecule has 1 aliphatic carbocycles. The third kappa shape index (κ3) is 2.69. The van der Waals surface area contributed by atoms with Crippen LogP contribution in [0.3, 0.4) is 0 Å². The van der Waals surface area contributed by atoms with Crippen molar-refractivity contribution in [2.75, 3.05) is 13.1 Å². The first-order valence-corrected chi connectivity index (χ1v) is 7.48. The van der Waals surface area contributed by atoms with E-state index in [2.05, 4.69) is 54.3 Å². The monoisotopic (exact) mass is 259 g/mol. The molecule has 3 N–H and O–H groups in total. The van der Waals surface area contributed by atoms with Gasteiger partial charge in [0, 0.05) is 25.2 Å². The normalized spacial score (nSPS) is 29.2. The largest absolute Gasteiger partial charge is 0.308 e. The van der Waals surface area contributed by atoms with Crippen molar-refractivity contribution in [1.82, 2.24) is 16.2 Å². The van der Waals surface area contributed by atoms with Gasteiger partial charge in [0.1, 0.15) is 0 Å². The number of rotatable bonds is 3. The van der Waals surface area contributed by atoms with Crippen LogP contribution in [0.25, 0.3) is 0 Å². The van der Waals surface area contributed by atoms with Crippen LogP contribution < -0.4 is 16.2 Å². The van der Waals surface area contributed by atoms with Crippen LogP contribution in [0.2, 0.25) is 0 Å². The maximum atomic E-state index is 3.76. The van der Waals surface area contributed by atoms with Crippen LogP contribution in [0.4, 0.5) is 0 Å². The van der Waals surface area contributed by atoms with E-state index in [1.54, 1.807) is 0 Å². The average molecular weight is 259 g/mol. The summed E-state index contributed by atoms with van der Waals surface area (Å²) in [5.74, 6) is 0. The number of hydrogen-bond acceptors (Lipinski definition) is 3. The van der Waals surface area contributed by atoms with E-state index in [1.807, 2.05) is 0 Å². The lowest BCUT2D eigenvalue weighted by Gasteiger charge is -2.37. The van der Waals surface area contributed by atoms with Gasteiger partial charge in [-0.25, -0.2) is 0 Å². The summed E-state index contributed by atoms with van der Waals surface area (Å²) >= 11 is 0. The first kappa shape index (κ1) is 13.1. The van der Waals surface area contributed by atoms with E-state index < -0.39 is 0 Å². The summed E-state index contributed by atoms with van der Waals surface area (Å²) in [5, 5.41) is 3.76. The predicted molar refractivity (Wildman–Crippen MR) is 79.0 cm³/mol. The zero-order valence-corrected chi connectivity index (χ0v) is 12.0. The van der Waals surface area contributed by atoms with Crippen molar-refractivity contribution >= 4 is 0 Å².